The molecule has 2 bridgehead atoms. The van der Waals surface area contributed by atoms with Crippen molar-refractivity contribution < 1.29 is 4.74 Å². The number of pyridine rings is 1. The third kappa shape index (κ3) is 3.95. The number of aromatic nitrogens is 5. The first kappa shape index (κ1) is 21.8. The Morgan fingerprint density at radius 1 is 1.06 bits per heavy atom. The van der Waals surface area contributed by atoms with Crippen molar-refractivity contribution in [2.75, 3.05) is 29.9 Å². The third-order valence-electron chi connectivity index (χ3n) is 7.03. The lowest BCUT2D eigenvalue weighted by molar-refractivity contribution is 0.191. The molecule has 180 valence electrons. The normalized spacial score (nSPS) is 19.7. The molecule has 2 fully saturated rings. The minimum atomic E-state index is 0.560. The molecule has 0 unspecified atom stereocenters. The second-order valence-electron chi connectivity index (χ2n) is 9.46. The van der Waals surface area contributed by atoms with Gasteiger partial charge in [0, 0.05) is 60.4 Å². The van der Waals surface area contributed by atoms with E-state index in [9.17, 15) is 0 Å². The molecule has 2 aliphatic rings. The fraction of sp³-hybridized carbons (Fsp3) is 0.385. The molecule has 1 N–H and O–H groups in total. The summed E-state index contributed by atoms with van der Waals surface area (Å²) in [5.41, 5.74) is 4.64. The fourth-order valence-electron chi connectivity index (χ4n) is 5.42. The van der Waals surface area contributed by atoms with Gasteiger partial charge in [0.1, 0.15) is 6.33 Å². The van der Waals surface area contributed by atoms with Gasteiger partial charge in [-0.05, 0) is 57.5 Å². The predicted octanol–water partition coefficient (Wildman–Crippen LogP) is 4.00. The number of hydrogen-bond donors (Lipinski definition) is 1. The van der Waals surface area contributed by atoms with E-state index in [4.69, 9.17) is 4.74 Å². The average Bonchev–Trinajstić information content (AvgIpc) is 3.61. The van der Waals surface area contributed by atoms with E-state index in [1.165, 1.54) is 12.1 Å². The van der Waals surface area contributed by atoms with Crippen LogP contribution >= 0.6 is 0 Å². The predicted molar refractivity (Wildman–Crippen MR) is 136 cm³/mol. The zero-order valence-corrected chi connectivity index (χ0v) is 20.3. The summed E-state index contributed by atoms with van der Waals surface area (Å²) in [6, 6.07) is 14.3. The van der Waals surface area contributed by atoms with Crippen molar-refractivity contribution in [3.8, 4) is 17.1 Å². The van der Waals surface area contributed by atoms with Gasteiger partial charge in [-0.25, -0.2) is 19.5 Å². The van der Waals surface area contributed by atoms with Crippen molar-refractivity contribution >= 4 is 22.8 Å². The van der Waals surface area contributed by atoms with Crippen LogP contribution in [0.4, 0.5) is 17.2 Å². The molecule has 6 rings (SSSR count). The molecule has 2 saturated heterocycles. The molecule has 0 aliphatic carbocycles. The number of nitrogens with one attached hydrogen (secondary N) is 1. The number of nitrogens with zero attached hydrogens (tertiary/aromatic N) is 7. The zero-order valence-electron chi connectivity index (χ0n) is 20.3. The number of anilines is 3. The molecule has 2 atom stereocenters. The van der Waals surface area contributed by atoms with Crippen LogP contribution in [-0.2, 0) is 0 Å². The Morgan fingerprint density at radius 2 is 1.91 bits per heavy atom. The Balaban J connectivity index is 1.21. The highest BCUT2D eigenvalue weighted by Crippen LogP contribution is 2.36. The van der Waals surface area contributed by atoms with Gasteiger partial charge in [0.05, 0.1) is 18.5 Å². The molecule has 2 aliphatic heterocycles. The molecule has 1 aromatic carbocycles. The van der Waals surface area contributed by atoms with Crippen LogP contribution in [0.15, 0.2) is 55.1 Å². The van der Waals surface area contributed by atoms with Crippen LogP contribution in [0.3, 0.4) is 0 Å². The average molecular weight is 471 g/mol. The van der Waals surface area contributed by atoms with Crippen LogP contribution < -0.4 is 15.0 Å². The quantitative estimate of drug-likeness (QED) is 0.434. The molecule has 5 heterocycles. The van der Waals surface area contributed by atoms with Gasteiger partial charge in [-0.15, -0.1) is 0 Å². The highest BCUT2D eigenvalue weighted by atomic mass is 16.5. The number of likely N-dealkylation sites (tertiary alicyclic amines) is 1. The monoisotopic (exact) mass is 470 g/mol. The van der Waals surface area contributed by atoms with Crippen molar-refractivity contribution in [1.82, 2.24) is 29.5 Å². The molecule has 4 aromatic rings. The summed E-state index contributed by atoms with van der Waals surface area (Å²) in [5, 5.41) is 7.85. The Labute approximate surface area is 204 Å². The summed E-state index contributed by atoms with van der Waals surface area (Å²) in [6.45, 7) is 9.37. The number of benzene rings is 1. The number of fused-ring (bicyclic) bond motifs is 3. The number of rotatable bonds is 7. The van der Waals surface area contributed by atoms with E-state index in [0.717, 1.165) is 30.0 Å². The van der Waals surface area contributed by atoms with Gasteiger partial charge in [-0.2, -0.15) is 5.10 Å². The maximum Gasteiger partial charge on any atom is 0.213 e. The first-order chi connectivity index (χ1) is 17.1. The molecule has 9 heteroatoms. The van der Waals surface area contributed by atoms with Crippen molar-refractivity contribution in [3.63, 3.8) is 0 Å². The molecular formula is C26H30N8O. The Morgan fingerprint density at radius 3 is 2.66 bits per heavy atom. The fourth-order valence-corrected chi connectivity index (χ4v) is 5.42. The highest BCUT2D eigenvalue weighted by Gasteiger charge is 2.43. The second kappa shape index (κ2) is 8.81. The third-order valence-corrected chi connectivity index (χ3v) is 7.03. The van der Waals surface area contributed by atoms with Gasteiger partial charge in [-0.1, -0.05) is 0 Å². The van der Waals surface area contributed by atoms with E-state index in [1.807, 2.05) is 19.1 Å². The van der Waals surface area contributed by atoms with Crippen LogP contribution in [0.2, 0.25) is 0 Å². The summed E-state index contributed by atoms with van der Waals surface area (Å²) < 4.78 is 7.34. The smallest absolute Gasteiger partial charge is 0.213 e. The maximum atomic E-state index is 5.55. The molecule has 0 radical (unpaired) electrons. The van der Waals surface area contributed by atoms with Gasteiger partial charge in [0.2, 0.25) is 5.88 Å². The molecule has 9 nitrogen and oxygen atoms in total. The van der Waals surface area contributed by atoms with E-state index in [1.54, 1.807) is 23.2 Å². The van der Waals surface area contributed by atoms with Crippen molar-refractivity contribution in [1.29, 1.82) is 0 Å². The minimum Gasteiger partial charge on any atom is -0.478 e. The SMILES string of the molecule is CCOc1cc(-c2cnc(Nc3ccc(N4C[C@@H]5C[C@H]4CN5C(C)C)cc3)c3ncnn23)ccn1. The maximum absolute atomic E-state index is 5.55. The van der Waals surface area contributed by atoms with Crippen molar-refractivity contribution in [2.45, 2.75) is 45.3 Å². The lowest BCUT2D eigenvalue weighted by atomic mass is 10.2. The lowest BCUT2D eigenvalue weighted by Gasteiger charge is -2.37. The largest absolute Gasteiger partial charge is 0.478 e. The van der Waals surface area contributed by atoms with Crippen LogP contribution in [0.5, 0.6) is 5.88 Å². The molecule has 0 spiro atoms. The van der Waals surface area contributed by atoms with Crippen LogP contribution in [0, 0.1) is 0 Å². The minimum absolute atomic E-state index is 0.560. The summed E-state index contributed by atoms with van der Waals surface area (Å²) in [4.78, 5) is 18.6. The second-order valence-corrected chi connectivity index (χ2v) is 9.46. The van der Waals surface area contributed by atoms with Crippen molar-refractivity contribution in [2.24, 2.45) is 0 Å². The summed E-state index contributed by atoms with van der Waals surface area (Å²) >= 11 is 0. The summed E-state index contributed by atoms with van der Waals surface area (Å²) in [7, 11) is 0. The highest BCUT2D eigenvalue weighted by molar-refractivity contribution is 5.74. The van der Waals surface area contributed by atoms with E-state index >= 15 is 0 Å². The van der Waals surface area contributed by atoms with Crippen LogP contribution in [0.25, 0.3) is 16.9 Å². The summed E-state index contributed by atoms with van der Waals surface area (Å²) in [5.74, 6) is 1.23. The molecule has 0 amide bonds. The summed E-state index contributed by atoms with van der Waals surface area (Å²) in [6.07, 6.45) is 6.33. The first-order valence-electron chi connectivity index (χ1n) is 12.3. The van der Waals surface area contributed by atoms with Gasteiger partial charge >= 0.3 is 0 Å². The molecule has 35 heavy (non-hydrogen) atoms. The van der Waals surface area contributed by atoms with E-state index < -0.39 is 0 Å². The number of hydrogen-bond acceptors (Lipinski definition) is 8. The van der Waals surface area contributed by atoms with Gasteiger partial charge in [0.15, 0.2) is 11.5 Å². The van der Waals surface area contributed by atoms with Crippen LogP contribution in [-0.4, -0.2) is 67.3 Å². The van der Waals surface area contributed by atoms with E-state index in [-0.39, 0.29) is 0 Å². The van der Waals surface area contributed by atoms with E-state index in [0.29, 0.717) is 42.1 Å². The van der Waals surface area contributed by atoms with E-state index in [2.05, 4.69) is 73.3 Å². The van der Waals surface area contributed by atoms with Crippen molar-refractivity contribution in [3.05, 3.63) is 55.1 Å². The van der Waals surface area contributed by atoms with Crippen LogP contribution in [0.1, 0.15) is 27.2 Å². The van der Waals surface area contributed by atoms with Gasteiger partial charge in [0.25, 0.3) is 0 Å². The number of ether oxygens (including phenoxy) is 1. The molecule has 3 aromatic heterocycles. The molecular weight excluding hydrogens is 440 g/mol. The Bertz CT molecular complexity index is 1330. The first-order valence-corrected chi connectivity index (χ1v) is 12.3. The van der Waals surface area contributed by atoms with Gasteiger partial charge < -0.3 is 15.0 Å². The Hall–Kier alpha value is -3.72. The zero-order chi connectivity index (χ0) is 23.9. The molecule has 0 saturated carbocycles. The van der Waals surface area contributed by atoms with Gasteiger partial charge in [-0.3, -0.25) is 4.90 Å². The standard InChI is InChI=1S/C26H30N8O/c1-4-35-24-11-18(9-10-27-24)23-13-28-25(26-29-16-30-34(23)26)31-19-5-7-20(8-6-19)33-15-21-12-22(33)14-32(21)17(2)3/h5-11,13,16-17,21-22H,4,12,14-15H2,1-3H3,(H,28,31)/t21-,22-/m0/s1. The topological polar surface area (TPSA) is 83.7 Å². The lowest BCUT2D eigenvalue weighted by Crippen LogP contribution is -2.48. The number of piperazine rings is 1. The Kier molecular flexibility index (Phi) is 5.49.